The summed E-state index contributed by atoms with van der Waals surface area (Å²) in [5.41, 5.74) is 0.940. The smallest absolute Gasteiger partial charge is 0.138 e. The number of nitrogens with zero attached hydrogens (tertiary/aromatic N) is 2. The lowest BCUT2D eigenvalue weighted by Crippen LogP contribution is -2.26. The summed E-state index contributed by atoms with van der Waals surface area (Å²) in [5.74, 6) is 2.54. The van der Waals surface area contributed by atoms with Gasteiger partial charge in [-0.05, 0) is 18.8 Å². The predicted molar refractivity (Wildman–Crippen MR) is 89.0 cm³/mol. The van der Waals surface area contributed by atoms with Crippen LogP contribution in [-0.4, -0.2) is 35.3 Å². The van der Waals surface area contributed by atoms with Crippen molar-refractivity contribution >= 4 is 11.6 Å². The number of anilines is 2. The van der Waals surface area contributed by atoms with Gasteiger partial charge in [-0.25, -0.2) is 9.97 Å². The molecule has 21 heavy (non-hydrogen) atoms. The fraction of sp³-hybridized carbons (Fsp3) is 0.750. The molecule has 1 rings (SSSR count). The first-order valence-electron chi connectivity index (χ1n) is 7.52. The molecule has 0 unspecified atom stereocenters. The van der Waals surface area contributed by atoms with Gasteiger partial charge in [0.25, 0.3) is 0 Å². The zero-order valence-electron chi connectivity index (χ0n) is 14.5. The fourth-order valence-corrected chi connectivity index (χ4v) is 1.98. The maximum Gasteiger partial charge on any atom is 0.138 e. The van der Waals surface area contributed by atoms with Gasteiger partial charge in [0, 0.05) is 31.2 Å². The molecule has 0 aliphatic carbocycles. The van der Waals surface area contributed by atoms with Crippen LogP contribution in [0.15, 0.2) is 0 Å². The monoisotopic (exact) mass is 294 g/mol. The molecule has 120 valence electrons. The van der Waals surface area contributed by atoms with Gasteiger partial charge in [0.2, 0.25) is 0 Å². The summed E-state index contributed by atoms with van der Waals surface area (Å²) < 4.78 is 0. The molecule has 0 saturated heterocycles. The predicted octanol–water partition coefficient (Wildman–Crippen LogP) is 2.94. The van der Waals surface area contributed by atoms with Gasteiger partial charge in [0.1, 0.15) is 17.5 Å². The van der Waals surface area contributed by atoms with Gasteiger partial charge in [0.15, 0.2) is 0 Å². The van der Waals surface area contributed by atoms with Crippen LogP contribution in [0.5, 0.6) is 0 Å². The Morgan fingerprint density at radius 2 is 1.62 bits per heavy atom. The van der Waals surface area contributed by atoms with E-state index in [0.717, 1.165) is 36.0 Å². The zero-order chi connectivity index (χ0) is 16.3. The number of aromatic nitrogens is 2. The van der Waals surface area contributed by atoms with Crippen molar-refractivity contribution in [1.29, 1.82) is 0 Å². The second-order valence-electron chi connectivity index (χ2n) is 7.36. The first-order valence-corrected chi connectivity index (χ1v) is 7.52. The van der Waals surface area contributed by atoms with Gasteiger partial charge in [-0.3, -0.25) is 0 Å². The van der Waals surface area contributed by atoms with Gasteiger partial charge in [-0.2, -0.15) is 0 Å². The van der Waals surface area contributed by atoms with E-state index in [0.29, 0.717) is 0 Å². The van der Waals surface area contributed by atoms with Gasteiger partial charge < -0.3 is 15.7 Å². The molecule has 0 amide bonds. The van der Waals surface area contributed by atoms with E-state index in [9.17, 15) is 0 Å². The van der Waals surface area contributed by atoms with E-state index >= 15 is 0 Å². The highest BCUT2D eigenvalue weighted by molar-refractivity contribution is 5.57. The Kier molecular flexibility index (Phi) is 5.56. The van der Waals surface area contributed by atoms with Crippen LogP contribution in [0.3, 0.4) is 0 Å². The second-order valence-corrected chi connectivity index (χ2v) is 7.36. The highest BCUT2D eigenvalue weighted by atomic mass is 16.3. The van der Waals surface area contributed by atoms with E-state index in [1.165, 1.54) is 0 Å². The van der Waals surface area contributed by atoms with Crippen LogP contribution in [-0.2, 0) is 5.41 Å². The maximum absolute atomic E-state index is 9.12. The molecule has 1 aromatic heterocycles. The molecule has 0 bridgehead atoms. The Morgan fingerprint density at radius 1 is 1.05 bits per heavy atom. The van der Waals surface area contributed by atoms with Crippen molar-refractivity contribution in [2.75, 3.05) is 30.8 Å². The van der Waals surface area contributed by atoms with Gasteiger partial charge in [-0.1, -0.05) is 34.6 Å². The summed E-state index contributed by atoms with van der Waals surface area (Å²) in [6.45, 7) is 13.6. The van der Waals surface area contributed by atoms with Crippen LogP contribution >= 0.6 is 0 Å². The molecule has 1 aromatic rings. The van der Waals surface area contributed by atoms with Crippen molar-refractivity contribution in [3.63, 3.8) is 0 Å². The zero-order valence-corrected chi connectivity index (χ0v) is 14.5. The summed E-state index contributed by atoms with van der Waals surface area (Å²) >= 11 is 0. The molecule has 0 aliphatic rings. The topological polar surface area (TPSA) is 70.1 Å². The molecular weight excluding hydrogens is 264 g/mol. The average molecular weight is 294 g/mol. The minimum absolute atomic E-state index is 0.0217. The van der Waals surface area contributed by atoms with E-state index in [1.807, 2.05) is 14.0 Å². The van der Waals surface area contributed by atoms with Crippen LogP contribution in [0, 0.1) is 12.3 Å². The standard InChI is InChI=1S/C16H30N4O/c1-11-12(17-7)19-14(15(2,3)4)20-13(11)18-10-16(5,6)8-9-21/h21H,8-10H2,1-7H3,(H2,17,18,19,20). The van der Waals surface area contributed by atoms with Crippen LogP contribution in [0.1, 0.15) is 52.4 Å². The molecule has 5 heteroatoms. The van der Waals surface area contributed by atoms with Crippen LogP contribution in [0.2, 0.25) is 0 Å². The SMILES string of the molecule is CNc1nc(C(C)(C)C)nc(NCC(C)(C)CCO)c1C. The van der Waals surface area contributed by atoms with Crippen LogP contribution in [0.25, 0.3) is 0 Å². The number of nitrogens with one attached hydrogen (secondary N) is 2. The maximum atomic E-state index is 9.12. The van der Waals surface area contributed by atoms with Gasteiger partial charge in [-0.15, -0.1) is 0 Å². The highest BCUT2D eigenvalue weighted by Gasteiger charge is 2.22. The summed E-state index contributed by atoms with van der Waals surface area (Å²) in [4.78, 5) is 9.29. The Bertz CT molecular complexity index is 478. The van der Waals surface area contributed by atoms with Gasteiger partial charge >= 0.3 is 0 Å². The lowest BCUT2D eigenvalue weighted by Gasteiger charge is -2.26. The lowest BCUT2D eigenvalue weighted by atomic mass is 9.90. The van der Waals surface area contributed by atoms with Crippen LogP contribution in [0.4, 0.5) is 11.6 Å². The van der Waals surface area contributed by atoms with E-state index in [-0.39, 0.29) is 17.4 Å². The van der Waals surface area contributed by atoms with Crippen molar-refractivity contribution in [2.24, 2.45) is 5.41 Å². The molecule has 0 spiro atoms. The Morgan fingerprint density at radius 3 is 2.10 bits per heavy atom. The van der Waals surface area contributed by atoms with Crippen molar-refractivity contribution in [1.82, 2.24) is 9.97 Å². The largest absolute Gasteiger partial charge is 0.396 e. The number of hydrogen-bond donors (Lipinski definition) is 3. The van der Waals surface area contributed by atoms with Crippen molar-refractivity contribution in [3.05, 3.63) is 11.4 Å². The Hall–Kier alpha value is -1.36. The molecule has 0 fully saturated rings. The molecule has 1 heterocycles. The normalized spacial score (nSPS) is 12.4. The molecule has 0 atom stereocenters. The average Bonchev–Trinajstić information content (AvgIpc) is 2.36. The summed E-state index contributed by atoms with van der Waals surface area (Å²) in [7, 11) is 1.88. The summed E-state index contributed by atoms with van der Waals surface area (Å²) in [5, 5.41) is 15.7. The van der Waals surface area contributed by atoms with Crippen molar-refractivity contribution in [3.8, 4) is 0 Å². The quantitative estimate of drug-likeness (QED) is 0.752. The van der Waals surface area contributed by atoms with Crippen molar-refractivity contribution in [2.45, 2.75) is 53.4 Å². The minimum atomic E-state index is -0.101. The third-order valence-electron chi connectivity index (χ3n) is 3.58. The molecular formula is C16H30N4O. The molecule has 5 nitrogen and oxygen atoms in total. The Balaban J connectivity index is 3.06. The van der Waals surface area contributed by atoms with E-state index in [2.05, 4.69) is 50.2 Å². The van der Waals surface area contributed by atoms with E-state index in [4.69, 9.17) is 10.1 Å². The molecule has 0 aromatic carbocycles. The third kappa shape index (κ3) is 4.84. The van der Waals surface area contributed by atoms with Crippen molar-refractivity contribution < 1.29 is 5.11 Å². The first-order chi connectivity index (χ1) is 9.60. The summed E-state index contributed by atoms with van der Waals surface area (Å²) in [6, 6.07) is 0. The van der Waals surface area contributed by atoms with Gasteiger partial charge in [0.05, 0.1) is 0 Å². The Labute approximate surface area is 128 Å². The molecule has 0 saturated carbocycles. The minimum Gasteiger partial charge on any atom is -0.396 e. The van der Waals surface area contributed by atoms with Crippen LogP contribution < -0.4 is 10.6 Å². The second kappa shape index (κ2) is 6.60. The first kappa shape index (κ1) is 17.7. The molecule has 0 aliphatic heterocycles. The lowest BCUT2D eigenvalue weighted by molar-refractivity contribution is 0.220. The highest BCUT2D eigenvalue weighted by Crippen LogP contribution is 2.27. The molecule has 3 N–H and O–H groups in total. The number of aliphatic hydroxyl groups is 1. The number of hydrogen-bond acceptors (Lipinski definition) is 5. The van der Waals surface area contributed by atoms with E-state index < -0.39 is 0 Å². The third-order valence-corrected chi connectivity index (χ3v) is 3.58. The van der Waals surface area contributed by atoms with E-state index in [1.54, 1.807) is 0 Å². The number of rotatable bonds is 6. The fourth-order valence-electron chi connectivity index (χ4n) is 1.98. The number of aliphatic hydroxyl groups excluding tert-OH is 1. The molecule has 0 radical (unpaired) electrons. The summed E-state index contributed by atoms with van der Waals surface area (Å²) in [6.07, 6.45) is 0.759.